The number of unbranched alkanes of at least 4 members (excludes halogenated alkanes) is 1. The van der Waals surface area contributed by atoms with Crippen LogP contribution in [0.3, 0.4) is 0 Å². The van der Waals surface area contributed by atoms with Crippen LogP contribution >= 0.6 is 0 Å². The summed E-state index contributed by atoms with van der Waals surface area (Å²) >= 11 is 0. The second-order valence-electron chi connectivity index (χ2n) is 9.30. The lowest BCUT2D eigenvalue weighted by Gasteiger charge is -2.28. The van der Waals surface area contributed by atoms with Crippen LogP contribution in [0.25, 0.3) is 21.9 Å². The van der Waals surface area contributed by atoms with Crippen molar-refractivity contribution in [1.29, 1.82) is 0 Å². The highest BCUT2D eigenvalue weighted by Gasteiger charge is 2.21. The number of halogens is 4. The Hall–Kier alpha value is -2.36. The topological polar surface area (TPSA) is 0 Å². The second kappa shape index (κ2) is 10.1. The van der Waals surface area contributed by atoms with Crippen LogP contribution in [-0.4, -0.2) is 0 Å². The van der Waals surface area contributed by atoms with Crippen molar-refractivity contribution in [2.24, 2.45) is 11.8 Å². The van der Waals surface area contributed by atoms with E-state index in [1.807, 2.05) is 12.1 Å². The molecule has 0 saturated heterocycles. The Morgan fingerprint density at radius 2 is 1.41 bits per heavy atom. The van der Waals surface area contributed by atoms with Crippen molar-refractivity contribution in [2.75, 3.05) is 0 Å². The molecule has 3 aromatic rings. The molecule has 3 aromatic carbocycles. The molecule has 0 amide bonds. The molecular weight excluding hydrogens is 412 g/mol. The first-order chi connectivity index (χ1) is 15.5. The molecule has 0 unspecified atom stereocenters. The molecule has 0 radical (unpaired) electrons. The molecule has 170 valence electrons. The molecule has 0 spiro atoms. The molecule has 0 aromatic heterocycles. The second-order valence-corrected chi connectivity index (χ2v) is 9.30. The summed E-state index contributed by atoms with van der Waals surface area (Å²) in [6.07, 6.45) is 11.4. The van der Waals surface area contributed by atoms with Crippen molar-refractivity contribution in [1.82, 2.24) is 0 Å². The van der Waals surface area contributed by atoms with Gasteiger partial charge < -0.3 is 0 Å². The van der Waals surface area contributed by atoms with Crippen molar-refractivity contribution in [3.8, 4) is 11.1 Å². The molecule has 32 heavy (non-hydrogen) atoms. The lowest BCUT2D eigenvalue weighted by Crippen LogP contribution is -2.15. The average molecular weight is 443 g/mol. The van der Waals surface area contributed by atoms with Gasteiger partial charge in [-0.25, -0.2) is 17.6 Å². The Kier molecular flexibility index (Phi) is 7.17. The van der Waals surface area contributed by atoms with Crippen LogP contribution in [0.15, 0.2) is 42.5 Å². The van der Waals surface area contributed by atoms with E-state index in [1.165, 1.54) is 56.6 Å². The summed E-state index contributed by atoms with van der Waals surface area (Å²) in [6.45, 7) is 2.25. The fourth-order valence-electron chi connectivity index (χ4n) is 5.10. The van der Waals surface area contributed by atoms with Gasteiger partial charge in [-0.2, -0.15) is 0 Å². The van der Waals surface area contributed by atoms with Crippen molar-refractivity contribution >= 4 is 10.8 Å². The Balaban J connectivity index is 1.45. The molecule has 0 atom stereocenters. The van der Waals surface area contributed by atoms with Crippen LogP contribution in [0, 0.1) is 35.1 Å². The molecule has 0 N–H and O–H groups in total. The van der Waals surface area contributed by atoms with Gasteiger partial charge in [-0.05, 0) is 53.3 Å². The monoisotopic (exact) mass is 442 g/mol. The summed E-state index contributed by atoms with van der Waals surface area (Å²) in [5.74, 6) is -3.07. The number of rotatable bonds is 7. The third kappa shape index (κ3) is 5.00. The Morgan fingerprint density at radius 1 is 0.750 bits per heavy atom. The molecule has 1 saturated carbocycles. The maximum atomic E-state index is 15.1. The Morgan fingerprint density at radius 3 is 2.06 bits per heavy atom. The number of hydrogen-bond donors (Lipinski definition) is 0. The Labute approximate surface area is 187 Å². The quantitative estimate of drug-likeness (QED) is 0.253. The third-order valence-corrected chi connectivity index (χ3v) is 7.09. The molecule has 0 bridgehead atoms. The van der Waals surface area contributed by atoms with Gasteiger partial charge in [0.05, 0.1) is 0 Å². The minimum atomic E-state index is -1.55. The highest BCUT2D eigenvalue weighted by atomic mass is 19.2. The summed E-state index contributed by atoms with van der Waals surface area (Å²) in [4.78, 5) is 0. The van der Waals surface area contributed by atoms with E-state index in [9.17, 15) is 13.2 Å². The predicted molar refractivity (Wildman–Crippen MR) is 123 cm³/mol. The summed E-state index contributed by atoms with van der Waals surface area (Å²) in [7, 11) is 0. The minimum Gasteiger partial charge on any atom is -0.206 e. The van der Waals surface area contributed by atoms with Gasteiger partial charge in [0, 0.05) is 10.9 Å². The van der Waals surface area contributed by atoms with Gasteiger partial charge in [0.25, 0.3) is 0 Å². The first-order valence-corrected chi connectivity index (χ1v) is 11.8. The van der Waals surface area contributed by atoms with Crippen molar-refractivity contribution in [2.45, 2.75) is 64.7 Å². The molecule has 1 aliphatic rings. The molecule has 0 aliphatic heterocycles. The van der Waals surface area contributed by atoms with Crippen LogP contribution < -0.4 is 0 Å². The normalized spacial score (nSPS) is 18.9. The fraction of sp³-hybridized carbons (Fsp3) is 0.429. The predicted octanol–water partition coefficient (Wildman–Crippen LogP) is 8.99. The van der Waals surface area contributed by atoms with Crippen LogP contribution in [0.4, 0.5) is 17.6 Å². The summed E-state index contributed by atoms with van der Waals surface area (Å²) in [5.41, 5.74) is 1.22. The molecular formula is C28H30F4. The van der Waals surface area contributed by atoms with Gasteiger partial charge in [-0.1, -0.05) is 82.2 Å². The number of fused-ring (bicyclic) bond motifs is 1. The summed E-state index contributed by atoms with van der Waals surface area (Å²) in [6, 6.07) is 10.6. The van der Waals surface area contributed by atoms with E-state index in [1.54, 1.807) is 12.1 Å². The largest absolute Gasteiger partial charge is 0.206 e. The SMILES string of the molecule is CCCC[C@H]1CC[C@H](CCc2ccc3c(F)c(-c4cc(F)c(F)c(F)c4)ccc3c2)CC1. The first-order valence-electron chi connectivity index (χ1n) is 11.8. The van der Waals surface area contributed by atoms with Crippen LogP contribution in [0.2, 0.25) is 0 Å². The van der Waals surface area contributed by atoms with E-state index >= 15 is 4.39 Å². The van der Waals surface area contributed by atoms with E-state index < -0.39 is 23.3 Å². The highest BCUT2D eigenvalue weighted by molar-refractivity contribution is 5.88. The van der Waals surface area contributed by atoms with E-state index in [-0.39, 0.29) is 11.1 Å². The maximum absolute atomic E-state index is 15.1. The lowest BCUT2D eigenvalue weighted by atomic mass is 9.78. The Bertz CT molecular complexity index is 1060. The minimum absolute atomic E-state index is 0.0144. The van der Waals surface area contributed by atoms with E-state index in [2.05, 4.69) is 6.92 Å². The summed E-state index contributed by atoms with van der Waals surface area (Å²) < 4.78 is 55.6. The van der Waals surface area contributed by atoms with Crippen LogP contribution in [0.1, 0.15) is 63.9 Å². The zero-order valence-corrected chi connectivity index (χ0v) is 18.6. The molecule has 1 aliphatic carbocycles. The lowest BCUT2D eigenvalue weighted by molar-refractivity contribution is 0.250. The molecule has 1 fully saturated rings. The van der Waals surface area contributed by atoms with Gasteiger partial charge in [0.2, 0.25) is 0 Å². The van der Waals surface area contributed by atoms with Crippen molar-refractivity contribution < 1.29 is 17.6 Å². The summed E-state index contributed by atoms with van der Waals surface area (Å²) in [5, 5.41) is 1.16. The van der Waals surface area contributed by atoms with Crippen molar-refractivity contribution in [3.63, 3.8) is 0 Å². The van der Waals surface area contributed by atoms with Gasteiger partial charge in [0.1, 0.15) is 5.82 Å². The zero-order chi connectivity index (χ0) is 22.7. The van der Waals surface area contributed by atoms with Crippen LogP contribution in [-0.2, 0) is 6.42 Å². The molecule has 4 heteroatoms. The molecule has 4 rings (SSSR count). The third-order valence-electron chi connectivity index (χ3n) is 7.09. The van der Waals surface area contributed by atoms with E-state index in [0.29, 0.717) is 5.39 Å². The maximum Gasteiger partial charge on any atom is 0.194 e. The highest BCUT2D eigenvalue weighted by Crippen LogP contribution is 2.35. The van der Waals surface area contributed by atoms with Crippen LogP contribution in [0.5, 0.6) is 0 Å². The number of aryl methyl sites for hydroxylation is 1. The van der Waals surface area contributed by atoms with E-state index in [0.717, 1.165) is 42.2 Å². The standard InChI is InChI=1S/C28H30F4/c1-2-3-4-18-5-7-19(8-6-18)9-10-20-11-13-23-21(15-20)12-14-24(27(23)31)22-16-25(29)28(32)26(30)17-22/h11-19H,2-10H2,1H3/t18-,19-. The average Bonchev–Trinajstić information content (AvgIpc) is 2.80. The smallest absolute Gasteiger partial charge is 0.194 e. The number of benzene rings is 3. The fourth-order valence-corrected chi connectivity index (χ4v) is 5.10. The van der Waals surface area contributed by atoms with E-state index in [4.69, 9.17) is 0 Å². The van der Waals surface area contributed by atoms with Gasteiger partial charge in [-0.15, -0.1) is 0 Å². The first kappa shape index (κ1) is 22.8. The molecule has 0 nitrogen and oxygen atoms in total. The number of hydrogen-bond acceptors (Lipinski definition) is 0. The van der Waals surface area contributed by atoms with Crippen molar-refractivity contribution in [3.05, 3.63) is 71.3 Å². The van der Waals surface area contributed by atoms with Gasteiger partial charge in [0.15, 0.2) is 17.5 Å². The van der Waals surface area contributed by atoms with Gasteiger partial charge in [-0.3, -0.25) is 0 Å². The molecule has 0 heterocycles. The van der Waals surface area contributed by atoms with Gasteiger partial charge >= 0.3 is 0 Å². The zero-order valence-electron chi connectivity index (χ0n) is 18.6.